The van der Waals surface area contributed by atoms with Crippen LogP contribution in [0.25, 0.3) is 32.3 Å². The third-order valence-corrected chi connectivity index (χ3v) is 17.6. The lowest BCUT2D eigenvalue weighted by Gasteiger charge is -2.19. The van der Waals surface area contributed by atoms with E-state index in [2.05, 4.69) is 5.32 Å². The lowest BCUT2D eigenvalue weighted by molar-refractivity contribution is -0.137. The van der Waals surface area contributed by atoms with Crippen molar-refractivity contribution in [3.63, 3.8) is 0 Å². The maximum absolute atomic E-state index is 13.2. The summed E-state index contributed by atoms with van der Waals surface area (Å²) in [6.45, 7) is 1.84. The normalized spacial score (nSPS) is 15.6. The Hall–Kier alpha value is -4.98. The van der Waals surface area contributed by atoms with E-state index in [4.69, 9.17) is 68.2 Å². The molecule has 3 atom stereocenters. The highest BCUT2D eigenvalue weighted by Crippen LogP contribution is 2.47. The average Bonchev–Trinajstić information content (AvgIpc) is 4.32. The average molecular weight is 1240 g/mol. The van der Waals surface area contributed by atoms with Crippen molar-refractivity contribution in [3.8, 4) is 17.2 Å². The summed E-state index contributed by atoms with van der Waals surface area (Å²) >= 11 is 33.1. The van der Waals surface area contributed by atoms with Crippen molar-refractivity contribution in [3.05, 3.63) is 108 Å². The second-order valence-corrected chi connectivity index (χ2v) is 23.9. The fourth-order valence-corrected chi connectivity index (χ4v) is 13.3. The zero-order valence-electron chi connectivity index (χ0n) is 42.8. The molecule has 6 aromatic rings. The predicted octanol–water partition coefficient (Wildman–Crippen LogP) is 12.9. The van der Waals surface area contributed by atoms with Crippen molar-refractivity contribution in [2.24, 2.45) is 0 Å². The number of carboxylic acids is 2. The van der Waals surface area contributed by atoms with Crippen LogP contribution in [0.3, 0.4) is 0 Å². The van der Waals surface area contributed by atoms with E-state index < -0.39 is 11.9 Å². The van der Waals surface area contributed by atoms with Gasteiger partial charge in [0.25, 0.3) is 0 Å². The fourth-order valence-electron chi connectivity index (χ4n) is 9.53. The number of anilines is 3. The molecule has 0 aliphatic carbocycles. The molecule has 0 fully saturated rings. The highest BCUT2D eigenvalue weighted by atomic mass is 35.5. The van der Waals surface area contributed by atoms with Gasteiger partial charge in [0.1, 0.15) is 17.2 Å². The molecule has 3 aliphatic rings. The molecule has 6 aromatic carbocycles. The molecule has 0 bridgehead atoms. The van der Waals surface area contributed by atoms with Gasteiger partial charge in [-0.1, -0.05) is 72.8 Å². The van der Waals surface area contributed by atoms with Crippen molar-refractivity contribution in [1.82, 2.24) is 0 Å². The number of hydrogen-bond acceptors (Lipinski definition) is 13. The first kappa shape index (κ1) is 63.2. The number of nitrogens with zero attached hydrogens (tertiary/aromatic N) is 2. The van der Waals surface area contributed by atoms with Crippen LogP contribution in [0.1, 0.15) is 73.0 Å². The molecule has 22 heteroatoms. The lowest BCUT2D eigenvalue weighted by Crippen LogP contribution is -2.31. The summed E-state index contributed by atoms with van der Waals surface area (Å²) in [5, 5.41) is 55.5. The molecule has 422 valence electrons. The minimum atomic E-state index is -0.840. The van der Waals surface area contributed by atoms with Crippen LogP contribution in [0.5, 0.6) is 17.2 Å². The van der Waals surface area contributed by atoms with E-state index in [-0.39, 0.29) is 58.5 Å². The molecule has 3 heterocycles. The Balaban J connectivity index is 0.000000215. The summed E-state index contributed by atoms with van der Waals surface area (Å²) in [6, 6.07) is 28.4. The Labute approximate surface area is 495 Å². The highest BCUT2D eigenvalue weighted by molar-refractivity contribution is 7.99. The van der Waals surface area contributed by atoms with Crippen LogP contribution in [0.15, 0.2) is 91.0 Å². The number of thioether (sulfide) groups is 3. The van der Waals surface area contributed by atoms with Crippen LogP contribution >= 0.6 is 93.3 Å². The van der Waals surface area contributed by atoms with Gasteiger partial charge < -0.3 is 40.6 Å². The Morgan fingerprint density at radius 3 is 1.15 bits per heavy atom. The number of nitrogens with one attached hydrogen (secondary N) is 1. The highest BCUT2D eigenvalue weighted by Gasteiger charge is 2.36. The quantitative estimate of drug-likeness (QED) is 0.0224. The summed E-state index contributed by atoms with van der Waals surface area (Å²) in [5.41, 5.74) is 5.74. The Morgan fingerprint density at radius 1 is 0.468 bits per heavy atom. The number of carbonyl (C=O) groups is 6. The molecule has 0 saturated carbocycles. The van der Waals surface area contributed by atoms with Gasteiger partial charge in [0, 0.05) is 155 Å². The number of halogens is 5. The van der Waals surface area contributed by atoms with E-state index in [1.807, 2.05) is 72.8 Å². The summed E-state index contributed by atoms with van der Waals surface area (Å²) in [5.74, 6) is 4.10. The van der Waals surface area contributed by atoms with Crippen molar-refractivity contribution in [1.29, 1.82) is 0 Å². The predicted molar refractivity (Wildman–Crippen MR) is 327 cm³/mol. The molecule has 0 unspecified atom stereocenters. The molecule has 0 saturated heterocycles. The first-order valence-electron chi connectivity index (χ1n) is 25.3. The first-order valence-corrected chi connectivity index (χ1v) is 31.1. The Bertz CT molecular complexity index is 2970. The third kappa shape index (κ3) is 17.0. The zero-order chi connectivity index (χ0) is 57.2. The summed E-state index contributed by atoms with van der Waals surface area (Å²) in [4.78, 5) is 70.3. The molecule has 79 heavy (non-hydrogen) atoms. The number of amides is 2. The monoisotopic (exact) mass is 1230 g/mol. The second-order valence-electron chi connectivity index (χ2n) is 18.4. The number of carbonyl (C=O) groups excluding carboxylic acids is 4. The van der Waals surface area contributed by atoms with Gasteiger partial charge in [0.05, 0.1) is 24.2 Å². The molecule has 3 aliphatic heterocycles. The van der Waals surface area contributed by atoms with Crippen molar-refractivity contribution < 1.29 is 54.3 Å². The molecule has 0 spiro atoms. The number of aromatic hydroxyl groups is 3. The molecule has 2 amide bonds. The topological polar surface area (TPSA) is 222 Å². The molecule has 9 rings (SSSR count). The number of rotatable bonds is 21. The van der Waals surface area contributed by atoms with E-state index in [1.165, 1.54) is 29.1 Å². The Kier molecular flexibility index (Phi) is 25.0. The van der Waals surface area contributed by atoms with Gasteiger partial charge in [0.2, 0.25) is 22.3 Å². The smallest absolute Gasteiger partial charge is 0.304 e. The van der Waals surface area contributed by atoms with Gasteiger partial charge >= 0.3 is 11.9 Å². The largest absolute Gasteiger partial charge is 0.507 e. The van der Waals surface area contributed by atoms with Crippen LogP contribution in [0.4, 0.5) is 17.1 Å². The number of hydrogen-bond donors (Lipinski definition) is 6. The van der Waals surface area contributed by atoms with Crippen LogP contribution in [-0.4, -0.2) is 132 Å². The number of aliphatic carboxylic acids is 2. The number of alkyl halides is 3. The summed E-state index contributed by atoms with van der Waals surface area (Å²) < 4.78 is 0. The second kappa shape index (κ2) is 31.3. The van der Waals surface area contributed by atoms with Gasteiger partial charge in [-0.3, -0.25) is 28.8 Å². The van der Waals surface area contributed by atoms with Crippen molar-refractivity contribution in [2.75, 3.05) is 86.9 Å². The van der Waals surface area contributed by atoms with Crippen LogP contribution in [0.2, 0.25) is 0 Å². The van der Waals surface area contributed by atoms with Gasteiger partial charge in [-0.05, 0) is 56.1 Å². The first-order chi connectivity index (χ1) is 38.0. The van der Waals surface area contributed by atoms with Gasteiger partial charge in [-0.25, -0.2) is 0 Å². The van der Waals surface area contributed by atoms with Gasteiger partial charge in [0.15, 0.2) is 0 Å². The van der Waals surface area contributed by atoms with Crippen molar-refractivity contribution in [2.45, 2.75) is 56.3 Å². The summed E-state index contributed by atoms with van der Waals surface area (Å²) in [6.07, 6.45) is 1.54. The number of phenolic OH excluding ortho intramolecular Hbond substituents is 3. The van der Waals surface area contributed by atoms with Crippen molar-refractivity contribution >= 4 is 177 Å². The molecule has 0 aromatic heterocycles. The minimum Gasteiger partial charge on any atom is -0.507 e. The molecular formula is C57H60Cl5N3O11S3. The Morgan fingerprint density at radius 2 is 0.797 bits per heavy atom. The maximum Gasteiger partial charge on any atom is 0.304 e. The van der Waals surface area contributed by atoms with Crippen LogP contribution in [-0.2, 0) is 28.8 Å². The standard InChI is InChI=1S/C32H30Cl2N2O4S.C13H12ClNO.C6H8Cl2O2S.C6H10O4S/c33-15-19-17-35(25-13-27(37)21-5-1-3-7-23(21)31(19)25)29(39)9-11-41-12-10-30(40)36-18-20(16-34)32-24-8-4-2-6-22(24)28(38)14-26(32)36;14-6-8-7-15-11-5-12(16)9-3-1-2-4-10(9)13(8)11;7-5(9)1-3-11-4-2-6(8)10;7-5(8)1-3-11-4-2-6(9)10/h1-8,13-14,19-20,37-38H,9-12,15-18H2;1-5,8,15-16H,6-7H2;1-4H2;1-4H2,(H,7,8)(H,9,10)/t19-,20-;8-;;/m11../s1. The lowest BCUT2D eigenvalue weighted by atomic mass is 9.95. The third-order valence-electron chi connectivity index (χ3n) is 13.2. The molecule has 14 nitrogen and oxygen atoms in total. The molecule has 0 radical (unpaired) electrons. The van der Waals surface area contributed by atoms with Gasteiger partial charge in [-0.15, -0.1) is 34.8 Å². The maximum atomic E-state index is 13.2. The van der Waals surface area contributed by atoms with E-state index >= 15 is 0 Å². The zero-order valence-corrected chi connectivity index (χ0v) is 49.0. The number of benzene rings is 6. The van der Waals surface area contributed by atoms with E-state index in [9.17, 15) is 44.1 Å². The molecular weight excluding hydrogens is 1180 g/mol. The number of phenols is 3. The fraction of sp³-hybridized carbons (Fsp3) is 0.368. The van der Waals surface area contributed by atoms with Crippen LogP contribution < -0.4 is 15.1 Å². The molecule has 6 N–H and O–H groups in total. The number of carboxylic acid groups (broad SMARTS) is 2. The van der Waals surface area contributed by atoms with Crippen LogP contribution in [0, 0.1) is 0 Å². The minimum absolute atomic E-state index is 0.00287. The van der Waals surface area contributed by atoms with E-state index in [0.29, 0.717) is 103 Å². The van der Waals surface area contributed by atoms with E-state index in [1.54, 1.807) is 39.8 Å². The SMILES string of the molecule is O=C(CCSCCC(=O)N1C[C@@H](CCl)c2c1cc(O)c1ccccc21)N1C[C@@H](CCl)c2c1cc(O)c1ccccc21.O=C(Cl)CCSCCC(=O)Cl.O=C(O)CCSCCC(=O)O.Oc1cc2c(c3ccccc13)[C@H](CCl)CN2. The summed E-state index contributed by atoms with van der Waals surface area (Å²) in [7, 11) is 0. The van der Waals surface area contributed by atoms with E-state index in [0.717, 1.165) is 67.1 Å². The van der Waals surface area contributed by atoms with Gasteiger partial charge in [-0.2, -0.15) is 35.3 Å². The number of fused-ring (bicyclic) bond motifs is 9.